The summed E-state index contributed by atoms with van der Waals surface area (Å²) in [5.74, 6) is 0.190. The fourth-order valence-corrected chi connectivity index (χ4v) is 2.00. The van der Waals surface area contributed by atoms with E-state index in [9.17, 15) is 22.5 Å². The smallest absolute Gasteiger partial charge is 0.332 e. The van der Waals surface area contributed by atoms with E-state index in [4.69, 9.17) is 11.6 Å². The molecule has 0 aliphatic heterocycles. The Kier molecular flexibility index (Phi) is 4.88. The molecular weight excluding hydrogens is 271 g/mol. The highest BCUT2D eigenvalue weighted by Gasteiger charge is 2.19. The zero-order chi connectivity index (χ0) is 13.1. The Balaban J connectivity index is 2.88. The predicted molar refractivity (Wildman–Crippen MR) is 61.0 cm³/mol. The van der Waals surface area contributed by atoms with Gasteiger partial charge in [0.05, 0.1) is 11.0 Å². The van der Waals surface area contributed by atoms with Gasteiger partial charge in [-0.05, 0) is 24.1 Å². The minimum atomic E-state index is -4.74. The minimum Gasteiger partial charge on any atom is -0.390 e. The van der Waals surface area contributed by atoms with Crippen LogP contribution in [0.4, 0.5) is 3.89 Å². The number of aliphatic hydroxyl groups is 2. The summed E-state index contributed by atoms with van der Waals surface area (Å²) in [5, 5.41) is 19.1. The van der Waals surface area contributed by atoms with Crippen LogP contribution in [0.25, 0.3) is 0 Å². The second kappa shape index (κ2) is 5.77. The van der Waals surface area contributed by atoms with Gasteiger partial charge in [-0.2, -0.15) is 8.42 Å². The molecule has 0 fully saturated rings. The molecule has 0 heterocycles. The summed E-state index contributed by atoms with van der Waals surface area (Å²) in [6.07, 6.45) is -2.02. The molecule has 0 radical (unpaired) electrons. The lowest BCUT2D eigenvalue weighted by molar-refractivity contribution is 0.0170. The van der Waals surface area contributed by atoms with E-state index in [1.54, 1.807) is 0 Å². The van der Waals surface area contributed by atoms with E-state index in [1.165, 1.54) is 12.1 Å². The molecule has 0 amide bonds. The maximum atomic E-state index is 12.6. The lowest BCUT2D eigenvalue weighted by Gasteiger charge is -2.17. The van der Waals surface area contributed by atoms with Crippen LogP contribution < -0.4 is 0 Å². The molecule has 2 unspecified atom stereocenters. The highest BCUT2D eigenvalue weighted by atomic mass is 35.5. The lowest BCUT2D eigenvalue weighted by atomic mass is 10.0. The number of benzene rings is 1. The molecule has 0 bridgehead atoms. The van der Waals surface area contributed by atoms with Crippen LogP contribution in [-0.4, -0.2) is 30.6 Å². The first-order chi connectivity index (χ1) is 7.86. The number of alkyl halides is 1. The van der Waals surface area contributed by atoms with Crippen molar-refractivity contribution in [3.8, 4) is 0 Å². The number of hydrogen-bond acceptors (Lipinski definition) is 4. The van der Waals surface area contributed by atoms with Gasteiger partial charge in [-0.1, -0.05) is 12.1 Å². The molecule has 0 spiro atoms. The minimum absolute atomic E-state index is 0.190. The Bertz CT molecular complexity index is 460. The van der Waals surface area contributed by atoms with Gasteiger partial charge in [0.15, 0.2) is 0 Å². The molecule has 2 N–H and O–H groups in total. The fraction of sp³-hybridized carbons (Fsp3) is 0.400. The van der Waals surface area contributed by atoms with Gasteiger partial charge in [-0.25, -0.2) is 0 Å². The average Bonchev–Trinajstić information content (AvgIpc) is 2.27. The van der Waals surface area contributed by atoms with Crippen molar-refractivity contribution < 1.29 is 22.5 Å². The summed E-state index contributed by atoms with van der Waals surface area (Å²) >= 11 is 5.41. The second-order valence-electron chi connectivity index (χ2n) is 3.50. The maximum Gasteiger partial charge on any atom is 0.332 e. The van der Waals surface area contributed by atoms with E-state index in [0.29, 0.717) is 5.56 Å². The lowest BCUT2D eigenvalue weighted by Crippen LogP contribution is -2.18. The zero-order valence-corrected chi connectivity index (χ0v) is 10.3. The number of aliphatic hydroxyl groups excluding tert-OH is 2. The predicted octanol–water partition coefficient (Wildman–Crippen LogP) is 1.37. The summed E-state index contributed by atoms with van der Waals surface area (Å²) < 4.78 is 33.7. The quantitative estimate of drug-likeness (QED) is 0.632. The van der Waals surface area contributed by atoms with Crippen molar-refractivity contribution in [1.82, 2.24) is 0 Å². The Morgan fingerprint density at radius 3 is 2.18 bits per heavy atom. The first kappa shape index (κ1) is 14.4. The van der Waals surface area contributed by atoms with Crippen LogP contribution in [0.5, 0.6) is 0 Å². The Morgan fingerprint density at radius 2 is 1.76 bits per heavy atom. The van der Waals surface area contributed by atoms with Gasteiger partial charge in [0, 0.05) is 5.88 Å². The third kappa shape index (κ3) is 3.92. The molecule has 1 aromatic rings. The highest BCUT2D eigenvalue weighted by molar-refractivity contribution is 7.86. The van der Waals surface area contributed by atoms with E-state index in [0.717, 1.165) is 12.1 Å². The second-order valence-corrected chi connectivity index (χ2v) is 5.22. The van der Waals surface area contributed by atoms with Gasteiger partial charge in [-0.3, -0.25) is 0 Å². The summed E-state index contributed by atoms with van der Waals surface area (Å²) in [4.78, 5) is -0.486. The molecule has 1 aromatic carbocycles. The Morgan fingerprint density at radius 1 is 1.24 bits per heavy atom. The number of halogens is 2. The van der Waals surface area contributed by atoms with Gasteiger partial charge in [0.25, 0.3) is 0 Å². The number of hydrogen-bond donors (Lipinski definition) is 2. The van der Waals surface area contributed by atoms with E-state index >= 15 is 0 Å². The third-order valence-electron chi connectivity index (χ3n) is 2.27. The summed E-state index contributed by atoms with van der Waals surface area (Å²) in [6.45, 7) is 0. The largest absolute Gasteiger partial charge is 0.390 e. The molecule has 2 atom stereocenters. The van der Waals surface area contributed by atoms with Crippen molar-refractivity contribution in [2.45, 2.75) is 23.5 Å². The normalized spacial score (nSPS) is 15.5. The third-order valence-corrected chi connectivity index (χ3v) is 3.33. The fourth-order valence-electron chi connectivity index (χ4n) is 1.32. The first-order valence-electron chi connectivity index (χ1n) is 4.83. The van der Waals surface area contributed by atoms with Crippen LogP contribution in [0.15, 0.2) is 29.2 Å². The Labute approximate surface area is 104 Å². The van der Waals surface area contributed by atoms with Crippen molar-refractivity contribution in [2.24, 2.45) is 0 Å². The van der Waals surface area contributed by atoms with Crippen LogP contribution in [0.3, 0.4) is 0 Å². The summed E-state index contributed by atoms with van der Waals surface area (Å²) in [7, 11) is -4.74. The SMILES string of the molecule is O=S(=O)(F)c1ccc(C(O)C(O)CCCl)cc1. The van der Waals surface area contributed by atoms with Crippen molar-refractivity contribution >= 4 is 21.8 Å². The van der Waals surface area contributed by atoms with E-state index < -0.39 is 27.3 Å². The first-order valence-corrected chi connectivity index (χ1v) is 6.75. The van der Waals surface area contributed by atoms with E-state index in [-0.39, 0.29) is 12.3 Å². The summed E-state index contributed by atoms with van der Waals surface area (Å²) in [5.41, 5.74) is 0.301. The van der Waals surface area contributed by atoms with Gasteiger partial charge in [0.1, 0.15) is 6.10 Å². The molecule has 0 aliphatic rings. The van der Waals surface area contributed by atoms with Crippen molar-refractivity contribution in [3.63, 3.8) is 0 Å². The molecule has 1 rings (SSSR count). The van der Waals surface area contributed by atoms with Gasteiger partial charge in [0.2, 0.25) is 0 Å². The molecule has 4 nitrogen and oxygen atoms in total. The Hall–Kier alpha value is -0.690. The van der Waals surface area contributed by atoms with Crippen LogP contribution in [-0.2, 0) is 10.2 Å². The van der Waals surface area contributed by atoms with Crippen molar-refractivity contribution in [3.05, 3.63) is 29.8 Å². The molecular formula is C10H12ClFO4S. The van der Waals surface area contributed by atoms with Gasteiger partial charge in [-0.15, -0.1) is 15.5 Å². The zero-order valence-electron chi connectivity index (χ0n) is 8.75. The summed E-state index contributed by atoms with van der Waals surface area (Å²) in [6, 6.07) is 4.55. The molecule has 96 valence electrons. The average molecular weight is 283 g/mol. The van der Waals surface area contributed by atoms with E-state index in [1.807, 2.05) is 0 Å². The molecule has 7 heteroatoms. The maximum absolute atomic E-state index is 12.6. The van der Waals surface area contributed by atoms with Gasteiger partial charge < -0.3 is 10.2 Å². The standard InChI is InChI=1S/C10H12ClFO4S/c11-6-5-9(13)10(14)7-1-3-8(4-2-7)17(12,15)16/h1-4,9-10,13-14H,5-6H2. The van der Waals surface area contributed by atoms with Crippen LogP contribution in [0.2, 0.25) is 0 Å². The number of rotatable bonds is 5. The van der Waals surface area contributed by atoms with Gasteiger partial charge >= 0.3 is 10.2 Å². The monoisotopic (exact) mass is 282 g/mol. The molecule has 0 saturated carbocycles. The molecule has 0 aliphatic carbocycles. The van der Waals surface area contributed by atoms with Crippen molar-refractivity contribution in [2.75, 3.05) is 5.88 Å². The highest BCUT2D eigenvalue weighted by Crippen LogP contribution is 2.21. The molecule has 0 aromatic heterocycles. The molecule has 17 heavy (non-hydrogen) atoms. The molecule has 0 saturated heterocycles. The van der Waals surface area contributed by atoms with E-state index in [2.05, 4.69) is 0 Å². The van der Waals surface area contributed by atoms with Crippen molar-refractivity contribution in [1.29, 1.82) is 0 Å². The van der Waals surface area contributed by atoms with Crippen LogP contribution in [0.1, 0.15) is 18.1 Å². The van der Waals surface area contributed by atoms with Crippen LogP contribution in [0, 0.1) is 0 Å². The van der Waals surface area contributed by atoms with Crippen LogP contribution >= 0.6 is 11.6 Å². The topological polar surface area (TPSA) is 74.6 Å².